The van der Waals surface area contributed by atoms with Crippen LogP contribution in [0.15, 0.2) is 47.8 Å². The van der Waals surface area contributed by atoms with E-state index in [0.29, 0.717) is 6.54 Å². The van der Waals surface area contributed by atoms with E-state index in [1.165, 1.54) is 11.1 Å². The SMILES string of the molecule is CCN(CCN=[N+]=[N-])Cc1ccc(-c2cncc(C)c2)cc1. The van der Waals surface area contributed by atoms with Gasteiger partial charge in [0.15, 0.2) is 0 Å². The second-order valence-electron chi connectivity index (χ2n) is 5.27. The highest BCUT2D eigenvalue weighted by Gasteiger charge is 2.04. The summed E-state index contributed by atoms with van der Waals surface area (Å²) < 4.78 is 0. The first-order valence-electron chi connectivity index (χ1n) is 7.47. The van der Waals surface area contributed by atoms with Crippen LogP contribution in [-0.2, 0) is 6.54 Å². The molecule has 22 heavy (non-hydrogen) atoms. The molecule has 0 N–H and O–H groups in total. The molecule has 1 aromatic heterocycles. The predicted molar refractivity (Wildman–Crippen MR) is 89.4 cm³/mol. The first-order chi connectivity index (χ1) is 10.7. The van der Waals surface area contributed by atoms with Crippen LogP contribution in [0.3, 0.4) is 0 Å². The quantitative estimate of drug-likeness (QED) is 0.437. The molecule has 0 unspecified atom stereocenters. The van der Waals surface area contributed by atoms with Crippen molar-refractivity contribution in [1.82, 2.24) is 9.88 Å². The van der Waals surface area contributed by atoms with Gasteiger partial charge >= 0.3 is 0 Å². The number of hydrogen-bond donors (Lipinski definition) is 0. The summed E-state index contributed by atoms with van der Waals surface area (Å²) in [4.78, 5) is 9.29. The number of nitrogens with zero attached hydrogens (tertiary/aromatic N) is 5. The Hall–Kier alpha value is -2.36. The Morgan fingerprint density at radius 2 is 1.95 bits per heavy atom. The molecule has 2 aromatic rings. The van der Waals surface area contributed by atoms with Crippen molar-refractivity contribution in [2.24, 2.45) is 5.11 Å². The average Bonchev–Trinajstić information content (AvgIpc) is 2.55. The van der Waals surface area contributed by atoms with Crippen LogP contribution >= 0.6 is 0 Å². The number of benzene rings is 1. The number of aryl methyl sites for hydroxylation is 1. The molecule has 1 aromatic carbocycles. The molecule has 0 saturated heterocycles. The van der Waals surface area contributed by atoms with Crippen LogP contribution in [-0.4, -0.2) is 29.5 Å². The highest BCUT2D eigenvalue weighted by atomic mass is 15.2. The van der Waals surface area contributed by atoms with E-state index in [0.717, 1.165) is 30.8 Å². The van der Waals surface area contributed by atoms with Gasteiger partial charge in [-0.3, -0.25) is 9.88 Å². The van der Waals surface area contributed by atoms with Crippen molar-refractivity contribution in [1.29, 1.82) is 0 Å². The van der Waals surface area contributed by atoms with Gasteiger partial charge in [-0.05, 0) is 41.8 Å². The van der Waals surface area contributed by atoms with Gasteiger partial charge in [-0.15, -0.1) is 0 Å². The van der Waals surface area contributed by atoms with E-state index in [4.69, 9.17) is 5.53 Å². The van der Waals surface area contributed by atoms with Crippen molar-refractivity contribution in [2.75, 3.05) is 19.6 Å². The summed E-state index contributed by atoms with van der Waals surface area (Å²) >= 11 is 0. The fourth-order valence-corrected chi connectivity index (χ4v) is 2.35. The minimum atomic E-state index is 0.511. The molecule has 0 bridgehead atoms. The van der Waals surface area contributed by atoms with Gasteiger partial charge in [-0.25, -0.2) is 0 Å². The Morgan fingerprint density at radius 1 is 1.18 bits per heavy atom. The number of rotatable bonds is 7. The summed E-state index contributed by atoms with van der Waals surface area (Å²) in [7, 11) is 0. The molecule has 5 nitrogen and oxygen atoms in total. The summed E-state index contributed by atoms with van der Waals surface area (Å²) in [6.45, 7) is 7.26. The second-order valence-corrected chi connectivity index (χ2v) is 5.27. The molecule has 0 fully saturated rings. The van der Waals surface area contributed by atoms with Crippen LogP contribution < -0.4 is 0 Å². The first kappa shape index (κ1) is 16.0. The second kappa shape index (κ2) is 8.17. The van der Waals surface area contributed by atoms with Gasteiger partial charge in [0.2, 0.25) is 0 Å². The number of hydrogen-bond acceptors (Lipinski definition) is 3. The minimum Gasteiger partial charge on any atom is -0.299 e. The number of pyridine rings is 1. The van der Waals surface area contributed by atoms with Crippen molar-refractivity contribution in [3.8, 4) is 11.1 Å². The molecule has 114 valence electrons. The third kappa shape index (κ3) is 4.58. The first-order valence-corrected chi connectivity index (χ1v) is 7.47. The van der Waals surface area contributed by atoms with E-state index in [1.54, 1.807) is 0 Å². The van der Waals surface area contributed by atoms with Gasteiger partial charge in [-0.2, -0.15) is 0 Å². The molecular formula is C17H21N5. The van der Waals surface area contributed by atoms with Crippen LogP contribution in [0.5, 0.6) is 0 Å². The van der Waals surface area contributed by atoms with E-state index in [9.17, 15) is 0 Å². The van der Waals surface area contributed by atoms with Crippen molar-refractivity contribution >= 4 is 0 Å². The standard InChI is InChI=1S/C17H21N5/c1-3-22(9-8-20-21-18)13-15-4-6-16(7-5-15)17-10-14(2)11-19-12-17/h4-7,10-12H,3,8-9,13H2,1-2H3. The smallest absolute Gasteiger partial charge is 0.0385 e. The maximum atomic E-state index is 8.33. The highest BCUT2D eigenvalue weighted by Crippen LogP contribution is 2.20. The summed E-state index contributed by atoms with van der Waals surface area (Å²) in [6.07, 6.45) is 3.75. The topological polar surface area (TPSA) is 64.9 Å². The van der Waals surface area contributed by atoms with E-state index in [2.05, 4.69) is 57.2 Å². The third-order valence-corrected chi connectivity index (χ3v) is 3.60. The largest absolute Gasteiger partial charge is 0.299 e. The number of azide groups is 1. The van der Waals surface area contributed by atoms with Gasteiger partial charge in [0.05, 0.1) is 0 Å². The zero-order valence-corrected chi connectivity index (χ0v) is 13.1. The zero-order chi connectivity index (χ0) is 15.8. The highest BCUT2D eigenvalue weighted by molar-refractivity contribution is 5.63. The molecule has 0 amide bonds. The zero-order valence-electron chi connectivity index (χ0n) is 13.1. The Morgan fingerprint density at radius 3 is 2.59 bits per heavy atom. The Kier molecular flexibility index (Phi) is 5.95. The van der Waals surface area contributed by atoms with Gasteiger partial charge in [0.25, 0.3) is 0 Å². The maximum Gasteiger partial charge on any atom is 0.0385 e. The Labute approximate surface area is 131 Å². The van der Waals surface area contributed by atoms with Crippen molar-refractivity contribution in [3.63, 3.8) is 0 Å². The van der Waals surface area contributed by atoms with E-state index >= 15 is 0 Å². The lowest BCUT2D eigenvalue weighted by Gasteiger charge is -2.19. The summed E-state index contributed by atoms with van der Waals surface area (Å²) in [6, 6.07) is 10.7. The predicted octanol–water partition coefficient (Wildman–Crippen LogP) is 4.19. The minimum absolute atomic E-state index is 0.511. The lowest BCUT2D eigenvalue weighted by Crippen LogP contribution is -2.25. The molecule has 0 aliphatic carbocycles. The van der Waals surface area contributed by atoms with Gasteiger partial charge in [0.1, 0.15) is 0 Å². The normalized spacial score (nSPS) is 10.5. The van der Waals surface area contributed by atoms with Gasteiger partial charge in [-0.1, -0.05) is 36.3 Å². The van der Waals surface area contributed by atoms with Crippen molar-refractivity contribution < 1.29 is 0 Å². The third-order valence-electron chi connectivity index (χ3n) is 3.60. The van der Waals surface area contributed by atoms with Crippen LogP contribution in [0.4, 0.5) is 0 Å². The van der Waals surface area contributed by atoms with Crippen LogP contribution in [0, 0.1) is 6.92 Å². The van der Waals surface area contributed by atoms with Crippen molar-refractivity contribution in [2.45, 2.75) is 20.4 Å². The van der Waals surface area contributed by atoms with Crippen molar-refractivity contribution in [3.05, 3.63) is 64.3 Å². The lowest BCUT2D eigenvalue weighted by molar-refractivity contribution is 0.288. The average molecular weight is 295 g/mol. The van der Waals surface area contributed by atoms with Gasteiger partial charge < -0.3 is 0 Å². The summed E-state index contributed by atoms with van der Waals surface area (Å²) in [5.41, 5.74) is 13.1. The molecule has 1 heterocycles. The summed E-state index contributed by atoms with van der Waals surface area (Å²) in [5, 5.41) is 3.60. The molecule has 0 atom stereocenters. The fourth-order valence-electron chi connectivity index (χ4n) is 2.35. The molecule has 0 saturated carbocycles. The molecule has 0 aliphatic rings. The molecule has 2 rings (SSSR count). The van der Waals surface area contributed by atoms with E-state index in [-0.39, 0.29) is 0 Å². The fraction of sp³-hybridized carbons (Fsp3) is 0.353. The maximum absolute atomic E-state index is 8.33. The molecule has 5 heteroatoms. The Bertz CT molecular complexity index is 644. The van der Waals surface area contributed by atoms with Crippen LogP contribution in [0.1, 0.15) is 18.1 Å². The monoisotopic (exact) mass is 295 g/mol. The van der Waals surface area contributed by atoms with E-state index in [1.807, 2.05) is 19.3 Å². The van der Waals surface area contributed by atoms with E-state index < -0.39 is 0 Å². The number of likely N-dealkylation sites (N-methyl/N-ethyl adjacent to an activating group) is 1. The van der Waals surface area contributed by atoms with Crippen LogP contribution in [0.25, 0.3) is 21.6 Å². The molecular weight excluding hydrogens is 274 g/mol. The number of aromatic nitrogens is 1. The molecule has 0 aliphatic heterocycles. The Balaban J connectivity index is 2.03. The molecule has 0 radical (unpaired) electrons. The molecule has 0 spiro atoms. The summed E-state index contributed by atoms with van der Waals surface area (Å²) in [5.74, 6) is 0. The van der Waals surface area contributed by atoms with Crippen LogP contribution in [0.2, 0.25) is 0 Å². The lowest BCUT2D eigenvalue weighted by atomic mass is 10.0. The van der Waals surface area contributed by atoms with Gasteiger partial charge in [0, 0.05) is 42.5 Å².